The Morgan fingerprint density at radius 1 is 1.12 bits per heavy atom. The second-order valence-corrected chi connectivity index (χ2v) is 5.08. The highest BCUT2D eigenvalue weighted by Gasteiger charge is 2.14. The summed E-state index contributed by atoms with van der Waals surface area (Å²) in [6.07, 6.45) is 0. The van der Waals surface area contributed by atoms with E-state index in [1.165, 1.54) is 24.3 Å². The summed E-state index contributed by atoms with van der Waals surface area (Å²) >= 11 is 0. The van der Waals surface area contributed by atoms with E-state index < -0.39 is 23.4 Å². The van der Waals surface area contributed by atoms with E-state index in [1.807, 2.05) is 37.3 Å². The average molecular weight is 328 g/mol. The molecule has 24 heavy (non-hydrogen) atoms. The zero-order chi connectivity index (χ0) is 17.5. The maximum absolute atomic E-state index is 11.8. The van der Waals surface area contributed by atoms with Crippen LogP contribution in [0.25, 0.3) is 0 Å². The topological polar surface area (TPSA) is 98.5 Å². The first-order chi connectivity index (χ1) is 11.5. The Morgan fingerprint density at radius 3 is 2.33 bits per heavy atom. The van der Waals surface area contributed by atoms with Crippen molar-refractivity contribution < 1.29 is 19.2 Å². The Labute approximate surface area is 138 Å². The summed E-state index contributed by atoms with van der Waals surface area (Å²) in [5.74, 6) is -1.14. The molecule has 0 aliphatic heterocycles. The van der Waals surface area contributed by atoms with Gasteiger partial charge >= 0.3 is 5.97 Å². The molecule has 0 unspecified atom stereocenters. The van der Waals surface area contributed by atoms with Crippen molar-refractivity contribution in [3.05, 3.63) is 75.8 Å². The predicted octanol–water partition coefficient (Wildman–Crippen LogP) is 2.63. The summed E-state index contributed by atoms with van der Waals surface area (Å²) in [5, 5.41) is 13.3. The summed E-state index contributed by atoms with van der Waals surface area (Å²) in [6.45, 7) is 1.40. The van der Waals surface area contributed by atoms with Crippen molar-refractivity contribution in [3.63, 3.8) is 0 Å². The molecule has 1 atom stereocenters. The van der Waals surface area contributed by atoms with E-state index in [0.29, 0.717) is 0 Å². The molecule has 0 spiro atoms. The van der Waals surface area contributed by atoms with Crippen molar-refractivity contribution in [2.24, 2.45) is 0 Å². The van der Waals surface area contributed by atoms with Crippen LogP contribution in [0.4, 0.5) is 5.69 Å². The van der Waals surface area contributed by atoms with Gasteiger partial charge in [0.15, 0.2) is 6.61 Å². The molecule has 2 aromatic rings. The summed E-state index contributed by atoms with van der Waals surface area (Å²) in [6, 6.07) is 14.1. The van der Waals surface area contributed by atoms with Gasteiger partial charge in [0.2, 0.25) is 0 Å². The van der Waals surface area contributed by atoms with Crippen molar-refractivity contribution in [3.8, 4) is 0 Å². The van der Waals surface area contributed by atoms with Crippen LogP contribution >= 0.6 is 0 Å². The van der Waals surface area contributed by atoms with Crippen LogP contribution in [-0.2, 0) is 9.53 Å². The lowest BCUT2D eigenvalue weighted by atomic mass is 10.1. The molecule has 0 bridgehead atoms. The molecule has 2 aromatic carbocycles. The van der Waals surface area contributed by atoms with Crippen LogP contribution in [0.1, 0.15) is 28.9 Å². The number of carbonyl (C=O) groups is 2. The first kappa shape index (κ1) is 17.1. The summed E-state index contributed by atoms with van der Waals surface area (Å²) in [4.78, 5) is 33.6. The third kappa shape index (κ3) is 4.64. The SMILES string of the molecule is C[C@H](NC(=O)COC(=O)c1ccc([N+](=O)[O-])cc1)c1ccccc1. The van der Waals surface area contributed by atoms with Gasteiger partial charge in [0, 0.05) is 12.1 Å². The number of amides is 1. The van der Waals surface area contributed by atoms with Gasteiger partial charge < -0.3 is 10.1 Å². The molecule has 124 valence electrons. The molecule has 7 heteroatoms. The maximum atomic E-state index is 11.8. The first-order valence-corrected chi connectivity index (χ1v) is 7.23. The number of ether oxygens (including phenoxy) is 1. The molecule has 1 N–H and O–H groups in total. The molecule has 1 amide bonds. The van der Waals surface area contributed by atoms with Gasteiger partial charge in [0.1, 0.15) is 0 Å². The molecule has 2 rings (SSSR count). The zero-order valence-corrected chi connectivity index (χ0v) is 13.0. The van der Waals surface area contributed by atoms with Gasteiger partial charge in [-0.05, 0) is 24.6 Å². The number of carbonyl (C=O) groups excluding carboxylic acids is 2. The Morgan fingerprint density at radius 2 is 1.75 bits per heavy atom. The molecule has 0 aromatic heterocycles. The molecule has 0 aliphatic carbocycles. The molecule has 0 saturated heterocycles. The molecule has 0 saturated carbocycles. The van der Waals surface area contributed by atoms with Gasteiger partial charge in [-0.3, -0.25) is 14.9 Å². The van der Waals surface area contributed by atoms with Crippen LogP contribution in [0.5, 0.6) is 0 Å². The minimum atomic E-state index is -0.715. The number of rotatable bonds is 6. The first-order valence-electron chi connectivity index (χ1n) is 7.23. The van der Waals surface area contributed by atoms with Crippen molar-refractivity contribution in [1.82, 2.24) is 5.32 Å². The quantitative estimate of drug-likeness (QED) is 0.499. The highest BCUT2D eigenvalue weighted by Crippen LogP contribution is 2.13. The second-order valence-electron chi connectivity index (χ2n) is 5.08. The van der Waals surface area contributed by atoms with Crippen LogP contribution < -0.4 is 5.32 Å². The Hall–Kier alpha value is -3.22. The molecular weight excluding hydrogens is 312 g/mol. The number of nitro groups is 1. The van der Waals surface area contributed by atoms with Crippen molar-refractivity contribution >= 4 is 17.6 Å². The number of hydrogen-bond donors (Lipinski definition) is 1. The minimum absolute atomic E-state index is 0.124. The summed E-state index contributed by atoms with van der Waals surface area (Å²) < 4.78 is 4.91. The average Bonchev–Trinajstić information content (AvgIpc) is 2.60. The van der Waals surface area contributed by atoms with Crippen molar-refractivity contribution in [1.29, 1.82) is 0 Å². The van der Waals surface area contributed by atoms with Gasteiger partial charge in [-0.1, -0.05) is 30.3 Å². The van der Waals surface area contributed by atoms with Gasteiger partial charge in [-0.2, -0.15) is 0 Å². The van der Waals surface area contributed by atoms with Crippen molar-refractivity contribution in [2.75, 3.05) is 6.61 Å². The molecule has 7 nitrogen and oxygen atoms in total. The number of nitrogens with one attached hydrogen (secondary N) is 1. The Kier molecular flexibility index (Phi) is 5.62. The third-order valence-corrected chi connectivity index (χ3v) is 3.33. The van der Waals surface area contributed by atoms with Gasteiger partial charge in [0.25, 0.3) is 11.6 Å². The molecule has 0 fully saturated rings. The predicted molar refractivity (Wildman–Crippen MR) is 86.4 cm³/mol. The number of non-ortho nitro benzene ring substituents is 1. The van der Waals surface area contributed by atoms with E-state index in [2.05, 4.69) is 5.32 Å². The maximum Gasteiger partial charge on any atom is 0.338 e. The van der Waals surface area contributed by atoms with Gasteiger partial charge in [0.05, 0.1) is 16.5 Å². The van der Waals surface area contributed by atoms with E-state index in [0.717, 1.165) is 5.56 Å². The lowest BCUT2D eigenvalue weighted by Gasteiger charge is -2.14. The van der Waals surface area contributed by atoms with Crippen LogP contribution in [0.15, 0.2) is 54.6 Å². The van der Waals surface area contributed by atoms with E-state index in [9.17, 15) is 19.7 Å². The fourth-order valence-corrected chi connectivity index (χ4v) is 2.04. The zero-order valence-electron chi connectivity index (χ0n) is 13.0. The van der Waals surface area contributed by atoms with E-state index in [-0.39, 0.29) is 17.3 Å². The van der Waals surface area contributed by atoms with Crippen molar-refractivity contribution in [2.45, 2.75) is 13.0 Å². The number of nitrogens with zero attached hydrogens (tertiary/aromatic N) is 1. The Bertz CT molecular complexity index is 728. The lowest BCUT2D eigenvalue weighted by molar-refractivity contribution is -0.384. The monoisotopic (exact) mass is 328 g/mol. The van der Waals surface area contributed by atoms with Gasteiger partial charge in [-0.25, -0.2) is 4.79 Å². The van der Waals surface area contributed by atoms with Crippen LogP contribution in [0.2, 0.25) is 0 Å². The molecule has 0 aliphatic rings. The number of nitro benzene ring substituents is 1. The fraction of sp³-hybridized carbons (Fsp3) is 0.176. The van der Waals surface area contributed by atoms with E-state index in [1.54, 1.807) is 0 Å². The number of hydrogen-bond acceptors (Lipinski definition) is 5. The largest absolute Gasteiger partial charge is 0.452 e. The Balaban J connectivity index is 1.84. The van der Waals surface area contributed by atoms with E-state index in [4.69, 9.17) is 4.74 Å². The second kappa shape index (κ2) is 7.87. The van der Waals surface area contributed by atoms with Crippen LogP contribution in [0.3, 0.4) is 0 Å². The standard InChI is InChI=1S/C17H16N2O5/c1-12(13-5-3-2-4-6-13)18-16(20)11-24-17(21)14-7-9-15(10-8-14)19(22)23/h2-10,12H,11H2,1H3,(H,18,20)/t12-/m0/s1. The normalized spacial score (nSPS) is 11.4. The third-order valence-electron chi connectivity index (χ3n) is 3.33. The summed E-state index contributed by atoms with van der Waals surface area (Å²) in [5.41, 5.74) is 0.957. The molecule has 0 radical (unpaired) electrons. The van der Waals surface area contributed by atoms with E-state index >= 15 is 0 Å². The number of esters is 1. The molecular formula is C17H16N2O5. The minimum Gasteiger partial charge on any atom is -0.452 e. The van der Waals surface area contributed by atoms with Crippen LogP contribution in [0, 0.1) is 10.1 Å². The fourth-order valence-electron chi connectivity index (χ4n) is 2.04. The smallest absolute Gasteiger partial charge is 0.338 e. The number of benzene rings is 2. The highest BCUT2D eigenvalue weighted by molar-refractivity contribution is 5.91. The summed E-state index contributed by atoms with van der Waals surface area (Å²) in [7, 11) is 0. The highest BCUT2D eigenvalue weighted by atomic mass is 16.6. The van der Waals surface area contributed by atoms with Crippen LogP contribution in [-0.4, -0.2) is 23.4 Å². The lowest BCUT2D eigenvalue weighted by Crippen LogP contribution is -2.31. The molecule has 0 heterocycles. The van der Waals surface area contributed by atoms with Gasteiger partial charge in [-0.15, -0.1) is 0 Å².